The van der Waals surface area contributed by atoms with Gasteiger partial charge in [0.15, 0.2) is 6.10 Å². The molecule has 1 amide bonds. The quantitative estimate of drug-likeness (QED) is 0.813. The Morgan fingerprint density at radius 1 is 1.00 bits per heavy atom. The number of carbonyl (C=O) groups excluding carboxylic acids is 2. The van der Waals surface area contributed by atoms with E-state index in [0.717, 1.165) is 17.7 Å². The summed E-state index contributed by atoms with van der Waals surface area (Å²) in [4.78, 5) is 27.0. The van der Waals surface area contributed by atoms with Crippen LogP contribution in [0.3, 0.4) is 0 Å². The van der Waals surface area contributed by atoms with Gasteiger partial charge in [-0.25, -0.2) is 4.79 Å². The third-order valence-corrected chi connectivity index (χ3v) is 5.53. The fourth-order valence-electron chi connectivity index (χ4n) is 3.92. The Hall–Kier alpha value is -2.66. The van der Waals surface area contributed by atoms with Crippen LogP contribution in [0.2, 0.25) is 0 Å². The van der Waals surface area contributed by atoms with E-state index >= 15 is 0 Å². The normalized spacial score (nSPS) is 19.6. The molecule has 2 aromatic rings. The number of likely N-dealkylation sites (tertiary alicyclic amines) is 1. The second kappa shape index (κ2) is 8.57. The number of benzene rings is 2. The van der Waals surface area contributed by atoms with E-state index in [-0.39, 0.29) is 5.91 Å². The maximum atomic E-state index is 12.5. The van der Waals surface area contributed by atoms with Gasteiger partial charge in [-0.1, -0.05) is 48.9 Å². The topological polar surface area (TPSA) is 58.6 Å². The molecule has 1 fully saturated rings. The molecule has 28 heavy (non-hydrogen) atoms. The number of esters is 1. The molecule has 146 valence electrons. The molecule has 1 unspecified atom stereocenters. The van der Waals surface area contributed by atoms with Gasteiger partial charge in [0.2, 0.25) is 0 Å². The highest BCUT2D eigenvalue weighted by molar-refractivity contribution is 5.95. The molecule has 4 rings (SSSR count). The Morgan fingerprint density at radius 3 is 2.50 bits per heavy atom. The van der Waals surface area contributed by atoms with Crippen molar-refractivity contribution in [1.29, 1.82) is 0 Å². The summed E-state index contributed by atoms with van der Waals surface area (Å²) in [5.74, 6) is -0.677. The third-order valence-electron chi connectivity index (χ3n) is 5.53. The van der Waals surface area contributed by atoms with Crippen molar-refractivity contribution in [2.45, 2.75) is 44.9 Å². The number of nitrogens with one attached hydrogen (secondary N) is 1. The highest BCUT2D eigenvalue weighted by Gasteiger charge is 2.30. The molecule has 5 heteroatoms. The van der Waals surface area contributed by atoms with Crippen LogP contribution in [0, 0.1) is 0 Å². The molecule has 1 atom stereocenters. The van der Waals surface area contributed by atoms with Crippen LogP contribution in [0.15, 0.2) is 48.5 Å². The molecular weight excluding hydrogens is 352 g/mol. The number of rotatable bonds is 5. The minimum Gasteiger partial charge on any atom is -0.448 e. The Kier molecular flexibility index (Phi) is 5.72. The number of piperidine rings is 1. The molecule has 2 heterocycles. The fraction of sp³-hybridized carbons (Fsp3) is 0.391. The average molecular weight is 378 g/mol. The van der Waals surface area contributed by atoms with E-state index in [1.807, 2.05) is 12.1 Å². The lowest BCUT2D eigenvalue weighted by Crippen LogP contribution is -2.41. The summed E-state index contributed by atoms with van der Waals surface area (Å²) in [6.45, 7) is 3.78. The Balaban J connectivity index is 1.29. The van der Waals surface area contributed by atoms with E-state index < -0.39 is 12.1 Å². The number of nitrogens with zero attached hydrogens (tertiary/aromatic N) is 1. The van der Waals surface area contributed by atoms with Gasteiger partial charge in [-0.2, -0.15) is 0 Å². The fourth-order valence-corrected chi connectivity index (χ4v) is 3.92. The van der Waals surface area contributed by atoms with Gasteiger partial charge in [-0.05, 0) is 48.7 Å². The van der Waals surface area contributed by atoms with Gasteiger partial charge in [0.25, 0.3) is 5.91 Å². The number of ether oxygens (including phenoxy) is 1. The van der Waals surface area contributed by atoms with E-state index in [9.17, 15) is 9.59 Å². The first-order chi connectivity index (χ1) is 13.7. The molecule has 0 radical (unpaired) electrons. The second-order valence-corrected chi connectivity index (χ2v) is 7.63. The molecule has 2 aromatic carbocycles. The van der Waals surface area contributed by atoms with E-state index in [4.69, 9.17) is 4.74 Å². The number of amides is 1. The van der Waals surface area contributed by atoms with Crippen LogP contribution in [0.25, 0.3) is 0 Å². The summed E-state index contributed by atoms with van der Waals surface area (Å²) in [5.41, 5.74) is 3.75. The zero-order valence-corrected chi connectivity index (χ0v) is 16.0. The predicted molar refractivity (Wildman–Crippen MR) is 107 cm³/mol. The number of cyclic esters (lactones) is 1. The van der Waals surface area contributed by atoms with Crippen LogP contribution < -0.4 is 5.32 Å². The lowest BCUT2D eigenvalue weighted by Gasteiger charge is -2.26. The van der Waals surface area contributed by atoms with Gasteiger partial charge in [0.1, 0.15) is 0 Å². The van der Waals surface area contributed by atoms with Gasteiger partial charge in [-0.15, -0.1) is 0 Å². The standard InChI is InChI=1S/C23H26N2O3/c26-22(21-14-19-6-2-3-7-20(19)23(27)28-21)24-15-17-8-10-18(11-9-17)16-25-12-4-1-5-13-25/h2-3,6-11,21H,1,4-5,12-16H2,(H,24,26). The molecule has 2 aliphatic heterocycles. The van der Waals surface area contributed by atoms with E-state index in [1.54, 1.807) is 12.1 Å². The van der Waals surface area contributed by atoms with Gasteiger partial charge >= 0.3 is 5.97 Å². The molecule has 0 spiro atoms. The third kappa shape index (κ3) is 4.42. The monoisotopic (exact) mass is 378 g/mol. The molecule has 0 aromatic heterocycles. The number of carbonyl (C=O) groups is 2. The van der Waals surface area contributed by atoms with Crippen molar-refractivity contribution in [3.05, 3.63) is 70.8 Å². The summed E-state index contributed by atoms with van der Waals surface area (Å²) in [5, 5.41) is 2.89. The van der Waals surface area contributed by atoms with E-state index in [1.165, 1.54) is 37.9 Å². The van der Waals surface area contributed by atoms with Gasteiger partial charge < -0.3 is 10.1 Å². The van der Waals surface area contributed by atoms with Crippen LogP contribution in [-0.2, 0) is 29.0 Å². The minimum absolute atomic E-state index is 0.250. The minimum atomic E-state index is -0.763. The lowest BCUT2D eigenvalue weighted by atomic mass is 9.98. The highest BCUT2D eigenvalue weighted by atomic mass is 16.5. The van der Waals surface area contributed by atoms with Crippen molar-refractivity contribution in [3.8, 4) is 0 Å². The smallest absolute Gasteiger partial charge is 0.339 e. The molecule has 1 saturated heterocycles. The zero-order chi connectivity index (χ0) is 19.3. The van der Waals surface area contributed by atoms with E-state index in [2.05, 4.69) is 34.5 Å². The summed E-state index contributed by atoms with van der Waals surface area (Å²) < 4.78 is 5.31. The van der Waals surface area contributed by atoms with Crippen molar-refractivity contribution in [1.82, 2.24) is 10.2 Å². The molecule has 2 aliphatic rings. The van der Waals surface area contributed by atoms with Crippen molar-refractivity contribution < 1.29 is 14.3 Å². The van der Waals surface area contributed by atoms with E-state index in [0.29, 0.717) is 18.5 Å². The summed E-state index contributed by atoms with van der Waals surface area (Å²) >= 11 is 0. The maximum Gasteiger partial charge on any atom is 0.339 e. The first-order valence-electron chi connectivity index (χ1n) is 10.1. The summed E-state index contributed by atoms with van der Waals surface area (Å²) in [6, 6.07) is 15.7. The summed E-state index contributed by atoms with van der Waals surface area (Å²) in [7, 11) is 0. The summed E-state index contributed by atoms with van der Waals surface area (Å²) in [6.07, 6.45) is 3.58. The first-order valence-corrected chi connectivity index (χ1v) is 10.1. The SMILES string of the molecule is O=C1OC(C(=O)NCc2ccc(CN3CCCCC3)cc2)Cc2ccccc21. The van der Waals surface area contributed by atoms with Crippen molar-refractivity contribution in [2.75, 3.05) is 13.1 Å². The predicted octanol–water partition coefficient (Wildman–Crippen LogP) is 3.07. The molecule has 0 bridgehead atoms. The molecule has 5 nitrogen and oxygen atoms in total. The van der Waals surface area contributed by atoms with Crippen molar-refractivity contribution in [2.24, 2.45) is 0 Å². The Morgan fingerprint density at radius 2 is 1.71 bits per heavy atom. The Labute approximate surface area is 165 Å². The second-order valence-electron chi connectivity index (χ2n) is 7.63. The number of hydrogen-bond acceptors (Lipinski definition) is 4. The number of fused-ring (bicyclic) bond motifs is 1. The van der Waals surface area contributed by atoms with Crippen molar-refractivity contribution >= 4 is 11.9 Å². The molecular formula is C23H26N2O3. The molecule has 0 saturated carbocycles. The highest BCUT2D eigenvalue weighted by Crippen LogP contribution is 2.20. The van der Waals surface area contributed by atoms with Gasteiger partial charge in [-0.3, -0.25) is 9.69 Å². The van der Waals surface area contributed by atoms with Crippen LogP contribution in [0.4, 0.5) is 0 Å². The molecule has 1 N–H and O–H groups in total. The van der Waals surface area contributed by atoms with Gasteiger partial charge in [0, 0.05) is 19.5 Å². The van der Waals surface area contributed by atoms with Gasteiger partial charge in [0.05, 0.1) is 5.56 Å². The molecule has 0 aliphatic carbocycles. The largest absolute Gasteiger partial charge is 0.448 e. The van der Waals surface area contributed by atoms with Crippen LogP contribution >= 0.6 is 0 Å². The Bertz CT molecular complexity index is 841. The average Bonchev–Trinajstić information content (AvgIpc) is 2.74. The van der Waals surface area contributed by atoms with Crippen LogP contribution in [-0.4, -0.2) is 36.0 Å². The maximum absolute atomic E-state index is 12.5. The van der Waals surface area contributed by atoms with Crippen LogP contribution in [0.5, 0.6) is 0 Å². The van der Waals surface area contributed by atoms with Crippen molar-refractivity contribution in [3.63, 3.8) is 0 Å². The lowest BCUT2D eigenvalue weighted by molar-refractivity contribution is -0.130. The number of hydrogen-bond donors (Lipinski definition) is 1. The zero-order valence-electron chi connectivity index (χ0n) is 16.0. The van der Waals surface area contributed by atoms with Crippen LogP contribution in [0.1, 0.15) is 46.3 Å². The first kappa shape index (κ1) is 18.7.